The van der Waals surface area contributed by atoms with Gasteiger partial charge in [0.25, 0.3) is 0 Å². The van der Waals surface area contributed by atoms with E-state index in [-0.39, 0.29) is 12.4 Å². The summed E-state index contributed by atoms with van der Waals surface area (Å²) in [6.45, 7) is 2.29. The largest absolute Gasteiger partial charge is 0.316 e. The summed E-state index contributed by atoms with van der Waals surface area (Å²) in [4.78, 5) is 0. The van der Waals surface area contributed by atoms with Crippen LogP contribution in [0.3, 0.4) is 0 Å². The molecular weight excluding hydrogens is 174 g/mol. The first-order chi connectivity index (χ1) is 5.47. The van der Waals surface area contributed by atoms with Gasteiger partial charge in [0.05, 0.1) is 6.20 Å². The number of aromatic nitrogens is 2. The molecule has 1 saturated heterocycles. The standard InChI is InChI=1S/C8H13N3.ClH/c1-2-7(4-9-3-1)8-5-10-11-6-8;/h5-7,9H,1-4H2,(H,10,11);1H. The van der Waals surface area contributed by atoms with Gasteiger partial charge >= 0.3 is 0 Å². The van der Waals surface area contributed by atoms with Gasteiger partial charge in [0.2, 0.25) is 0 Å². The van der Waals surface area contributed by atoms with E-state index in [1.165, 1.54) is 24.9 Å². The smallest absolute Gasteiger partial charge is 0.0522 e. The molecule has 0 radical (unpaired) electrons. The van der Waals surface area contributed by atoms with E-state index in [1.807, 2.05) is 12.4 Å². The molecule has 0 aromatic carbocycles. The van der Waals surface area contributed by atoms with E-state index in [1.54, 1.807) is 0 Å². The zero-order valence-corrected chi connectivity index (χ0v) is 7.73. The van der Waals surface area contributed by atoms with Gasteiger partial charge in [-0.2, -0.15) is 5.10 Å². The van der Waals surface area contributed by atoms with Crippen LogP contribution in [-0.4, -0.2) is 23.3 Å². The van der Waals surface area contributed by atoms with E-state index in [2.05, 4.69) is 15.5 Å². The van der Waals surface area contributed by atoms with Crippen molar-refractivity contribution < 1.29 is 0 Å². The van der Waals surface area contributed by atoms with Crippen LogP contribution in [0, 0.1) is 0 Å². The Labute approximate surface area is 78.4 Å². The molecule has 1 aliphatic heterocycles. The van der Waals surface area contributed by atoms with E-state index >= 15 is 0 Å². The highest BCUT2D eigenvalue weighted by Gasteiger charge is 2.14. The van der Waals surface area contributed by atoms with Gasteiger partial charge in [0.1, 0.15) is 0 Å². The van der Waals surface area contributed by atoms with Crippen LogP contribution in [0.4, 0.5) is 0 Å². The van der Waals surface area contributed by atoms with Gasteiger partial charge in [-0.05, 0) is 30.9 Å². The first kappa shape index (κ1) is 9.55. The molecule has 0 amide bonds. The molecule has 0 saturated carbocycles. The first-order valence-electron chi connectivity index (χ1n) is 4.16. The Hall–Kier alpha value is -0.540. The molecular formula is C8H14ClN3. The third-order valence-electron chi connectivity index (χ3n) is 2.29. The highest BCUT2D eigenvalue weighted by molar-refractivity contribution is 5.85. The minimum atomic E-state index is 0. The van der Waals surface area contributed by atoms with Crippen molar-refractivity contribution in [2.45, 2.75) is 18.8 Å². The molecule has 1 aromatic heterocycles. The van der Waals surface area contributed by atoms with Gasteiger partial charge in [-0.25, -0.2) is 0 Å². The van der Waals surface area contributed by atoms with Gasteiger partial charge in [-0.1, -0.05) is 0 Å². The van der Waals surface area contributed by atoms with Gasteiger partial charge in [0.15, 0.2) is 0 Å². The number of nitrogens with one attached hydrogen (secondary N) is 2. The maximum atomic E-state index is 3.94. The Balaban J connectivity index is 0.000000720. The molecule has 1 unspecified atom stereocenters. The number of aromatic amines is 1. The summed E-state index contributed by atoms with van der Waals surface area (Å²) in [5.74, 6) is 0.683. The lowest BCUT2D eigenvalue weighted by atomic mass is 9.94. The van der Waals surface area contributed by atoms with Gasteiger partial charge in [0, 0.05) is 12.7 Å². The molecule has 0 bridgehead atoms. The number of piperidine rings is 1. The number of hydrogen-bond donors (Lipinski definition) is 2. The first-order valence-corrected chi connectivity index (χ1v) is 4.16. The fourth-order valence-electron chi connectivity index (χ4n) is 1.62. The zero-order valence-electron chi connectivity index (χ0n) is 6.92. The third-order valence-corrected chi connectivity index (χ3v) is 2.29. The monoisotopic (exact) mass is 187 g/mol. The lowest BCUT2D eigenvalue weighted by molar-refractivity contribution is 0.462. The molecule has 3 nitrogen and oxygen atoms in total. The van der Waals surface area contributed by atoms with Crippen molar-refractivity contribution in [3.8, 4) is 0 Å². The molecule has 2 heterocycles. The van der Waals surface area contributed by atoms with Crippen LogP contribution in [0.25, 0.3) is 0 Å². The molecule has 1 aliphatic rings. The second-order valence-corrected chi connectivity index (χ2v) is 3.07. The molecule has 1 aromatic rings. The average molecular weight is 188 g/mol. The van der Waals surface area contributed by atoms with Crippen LogP contribution in [0.5, 0.6) is 0 Å². The quantitative estimate of drug-likeness (QED) is 0.696. The van der Waals surface area contributed by atoms with Crippen molar-refractivity contribution in [3.63, 3.8) is 0 Å². The lowest BCUT2D eigenvalue weighted by Gasteiger charge is -2.21. The van der Waals surface area contributed by atoms with Crippen LogP contribution >= 0.6 is 12.4 Å². The Bertz CT molecular complexity index is 204. The molecule has 68 valence electrons. The fraction of sp³-hybridized carbons (Fsp3) is 0.625. The predicted octanol–water partition coefficient (Wildman–Crippen LogP) is 1.30. The normalized spacial score (nSPS) is 23.2. The van der Waals surface area contributed by atoms with Crippen LogP contribution in [0.2, 0.25) is 0 Å². The van der Waals surface area contributed by atoms with E-state index in [9.17, 15) is 0 Å². The Kier molecular flexibility index (Phi) is 3.56. The summed E-state index contributed by atoms with van der Waals surface area (Å²) in [5.41, 5.74) is 1.34. The van der Waals surface area contributed by atoms with Crippen LogP contribution in [-0.2, 0) is 0 Å². The summed E-state index contributed by atoms with van der Waals surface area (Å²) in [6, 6.07) is 0. The van der Waals surface area contributed by atoms with E-state index < -0.39 is 0 Å². The van der Waals surface area contributed by atoms with E-state index in [0.29, 0.717) is 5.92 Å². The fourth-order valence-corrected chi connectivity index (χ4v) is 1.62. The Morgan fingerprint density at radius 3 is 3.00 bits per heavy atom. The average Bonchev–Trinajstić information content (AvgIpc) is 2.58. The second kappa shape index (κ2) is 4.48. The van der Waals surface area contributed by atoms with Crippen LogP contribution in [0.15, 0.2) is 12.4 Å². The topological polar surface area (TPSA) is 40.7 Å². The molecule has 0 spiro atoms. The van der Waals surface area contributed by atoms with Crippen LogP contribution in [0.1, 0.15) is 24.3 Å². The molecule has 2 rings (SSSR count). The van der Waals surface area contributed by atoms with Crippen molar-refractivity contribution in [3.05, 3.63) is 18.0 Å². The van der Waals surface area contributed by atoms with E-state index in [4.69, 9.17) is 0 Å². The lowest BCUT2D eigenvalue weighted by Crippen LogP contribution is -2.28. The molecule has 4 heteroatoms. The summed E-state index contributed by atoms with van der Waals surface area (Å²) < 4.78 is 0. The highest BCUT2D eigenvalue weighted by atomic mass is 35.5. The van der Waals surface area contributed by atoms with Crippen molar-refractivity contribution in [1.29, 1.82) is 0 Å². The molecule has 2 N–H and O–H groups in total. The third kappa shape index (κ3) is 1.99. The maximum Gasteiger partial charge on any atom is 0.0522 e. The number of H-pyrrole nitrogens is 1. The number of hydrogen-bond acceptors (Lipinski definition) is 2. The van der Waals surface area contributed by atoms with Gasteiger partial charge in [-0.15, -0.1) is 12.4 Å². The second-order valence-electron chi connectivity index (χ2n) is 3.07. The zero-order chi connectivity index (χ0) is 7.52. The molecule has 1 fully saturated rings. The van der Waals surface area contributed by atoms with Crippen LogP contribution < -0.4 is 5.32 Å². The Morgan fingerprint density at radius 2 is 2.42 bits per heavy atom. The SMILES string of the molecule is Cl.c1n[nH]cc1C1CCCNC1. The highest BCUT2D eigenvalue weighted by Crippen LogP contribution is 2.21. The van der Waals surface area contributed by atoms with Crippen molar-refractivity contribution in [2.24, 2.45) is 0 Å². The van der Waals surface area contributed by atoms with Gasteiger partial charge < -0.3 is 5.32 Å². The number of halogens is 1. The Morgan fingerprint density at radius 1 is 1.50 bits per heavy atom. The molecule has 0 aliphatic carbocycles. The van der Waals surface area contributed by atoms with Crippen molar-refractivity contribution >= 4 is 12.4 Å². The minimum Gasteiger partial charge on any atom is -0.316 e. The van der Waals surface area contributed by atoms with Crippen molar-refractivity contribution in [1.82, 2.24) is 15.5 Å². The summed E-state index contributed by atoms with van der Waals surface area (Å²) >= 11 is 0. The summed E-state index contributed by atoms with van der Waals surface area (Å²) in [5, 5.41) is 10.2. The van der Waals surface area contributed by atoms with Crippen molar-refractivity contribution in [2.75, 3.05) is 13.1 Å². The van der Waals surface area contributed by atoms with E-state index in [0.717, 1.165) is 6.54 Å². The molecule has 1 atom stereocenters. The number of nitrogens with zero attached hydrogens (tertiary/aromatic N) is 1. The minimum absolute atomic E-state index is 0. The summed E-state index contributed by atoms with van der Waals surface area (Å²) in [7, 11) is 0. The number of rotatable bonds is 1. The van der Waals surface area contributed by atoms with Gasteiger partial charge in [-0.3, -0.25) is 5.10 Å². The summed E-state index contributed by atoms with van der Waals surface area (Å²) in [6.07, 6.45) is 6.51. The molecule has 12 heavy (non-hydrogen) atoms. The predicted molar refractivity (Wildman–Crippen MR) is 50.7 cm³/mol. The maximum absolute atomic E-state index is 3.94.